The minimum atomic E-state index is -0.297. The van der Waals surface area contributed by atoms with E-state index in [1.165, 1.54) is 0 Å². The number of methoxy groups -OCH3 is 1. The fraction of sp³-hybridized carbons (Fsp3) is 0.226. The summed E-state index contributed by atoms with van der Waals surface area (Å²) in [6, 6.07) is 23.5. The molecule has 10 heteroatoms. The molecular formula is C31H32N8O2. The number of amides is 2. The zero-order chi connectivity index (χ0) is 28.3. The van der Waals surface area contributed by atoms with E-state index in [1.54, 1.807) is 28.9 Å². The lowest BCUT2D eigenvalue weighted by Crippen LogP contribution is -2.42. The molecule has 1 aliphatic rings. The Morgan fingerprint density at radius 3 is 2.46 bits per heavy atom. The summed E-state index contributed by atoms with van der Waals surface area (Å²) in [4.78, 5) is 20.3. The molecule has 1 fully saturated rings. The van der Waals surface area contributed by atoms with Gasteiger partial charge < -0.3 is 15.0 Å². The lowest BCUT2D eigenvalue weighted by Gasteiger charge is -2.21. The molecule has 2 unspecified atom stereocenters. The first kappa shape index (κ1) is 26.1. The third-order valence-corrected chi connectivity index (χ3v) is 7.48. The standard InChI is InChI=1S/C31H32N8O2/c1-21-28(23-17-33-37(2)18-23)36-39(24-13-8-5-9-14-24)29(21)35-31(40)34-26-20-38(27-15-10-16-32-30(27)41-3)19-25(26)22-11-6-4-7-12-22/h4-18,25-26H,19-20H2,1-3H3,(H2,34,35,40). The quantitative estimate of drug-likeness (QED) is 0.304. The molecule has 0 bridgehead atoms. The molecule has 2 amide bonds. The first-order valence-corrected chi connectivity index (χ1v) is 13.5. The number of nitrogens with one attached hydrogen (secondary N) is 2. The van der Waals surface area contributed by atoms with Gasteiger partial charge in [-0.05, 0) is 36.8 Å². The minimum absolute atomic E-state index is 0.0675. The van der Waals surface area contributed by atoms with Crippen LogP contribution in [0.25, 0.3) is 16.9 Å². The summed E-state index contributed by atoms with van der Waals surface area (Å²) in [6.45, 7) is 3.28. The van der Waals surface area contributed by atoms with Crippen molar-refractivity contribution >= 4 is 17.5 Å². The van der Waals surface area contributed by atoms with Gasteiger partial charge in [-0.1, -0.05) is 48.5 Å². The van der Waals surface area contributed by atoms with Crippen molar-refractivity contribution in [3.8, 4) is 22.8 Å². The molecule has 0 radical (unpaired) electrons. The van der Waals surface area contributed by atoms with Crippen LogP contribution in [0.15, 0.2) is 91.4 Å². The highest BCUT2D eigenvalue weighted by Gasteiger charge is 2.36. The van der Waals surface area contributed by atoms with Crippen molar-refractivity contribution in [2.45, 2.75) is 18.9 Å². The zero-order valence-corrected chi connectivity index (χ0v) is 23.2. The van der Waals surface area contributed by atoms with E-state index in [-0.39, 0.29) is 18.0 Å². The number of hydrogen-bond donors (Lipinski definition) is 2. The smallest absolute Gasteiger partial charge is 0.320 e. The molecule has 41 heavy (non-hydrogen) atoms. The van der Waals surface area contributed by atoms with Crippen LogP contribution in [0.5, 0.6) is 5.88 Å². The first-order chi connectivity index (χ1) is 20.0. The predicted octanol–water partition coefficient (Wildman–Crippen LogP) is 4.78. The monoisotopic (exact) mass is 548 g/mol. The number of nitrogens with zero attached hydrogens (tertiary/aromatic N) is 6. The SMILES string of the molecule is COc1ncccc1N1CC(NC(=O)Nc2c(C)c(-c3cnn(C)c3)nn2-c2ccccc2)C(c2ccccc2)C1. The summed E-state index contributed by atoms with van der Waals surface area (Å²) >= 11 is 0. The highest BCUT2D eigenvalue weighted by atomic mass is 16.5. The van der Waals surface area contributed by atoms with Crippen molar-refractivity contribution in [1.82, 2.24) is 29.9 Å². The summed E-state index contributed by atoms with van der Waals surface area (Å²) in [7, 11) is 3.49. The zero-order valence-electron chi connectivity index (χ0n) is 23.2. The number of hydrogen-bond acceptors (Lipinski definition) is 6. The molecule has 2 aromatic carbocycles. The van der Waals surface area contributed by atoms with Crippen molar-refractivity contribution < 1.29 is 9.53 Å². The van der Waals surface area contributed by atoms with Crippen LogP contribution in [0.3, 0.4) is 0 Å². The molecule has 3 aromatic heterocycles. The van der Waals surface area contributed by atoms with Gasteiger partial charge in [-0.15, -0.1) is 0 Å². The molecule has 0 spiro atoms. The topological polar surface area (TPSA) is 102 Å². The normalized spacial score (nSPS) is 16.5. The van der Waals surface area contributed by atoms with E-state index in [4.69, 9.17) is 9.84 Å². The Labute approximate surface area is 238 Å². The van der Waals surface area contributed by atoms with Crippen LogP contribution in [-0.2, 0) is 7.05 Å². The molecule has 6 rings (SSSR count). The molecule has 1 saturated heterocycles. The number of ether oxygens (including phenoxy) is 1. The number of para-hydroxylation sites is 1. The average Bonchev–Trinajstić information content (AvgIpc) is 3.71. The number of rotatable bonds is 7. The molecule has 0 aliphatic carbocycles. The fourth-order valence-corrected chi connectivity index (χ4v) is 5.49. The van der Waals surface area contributed by atoms with Gasteiger partial charge in [0, 0.05) is 49.6 Å². The van der Waals surface area contributed by atoms with Crippen LogP contribution >= 0.6 is 0 Å². The van der Waals surface area contributed by atoms with Gasteiger partial charge in [0.15, 0.2) is 0 Å². The molecule has 5 aromatic rings. The van der Waals surface area contributed by atoms with Crippen LogP contribution in [-0.4, -0.2) is 56.8 Å². The first-order valence-electron chi connectivity index (χ1n) is 13.5. The van der Waals surface area contributed by atoms with E-state index in [1.807, 2.05) is 80.8 Å². The summed E-state index contributed by atoms with van der Waals surface area (Å²) < 4.78 is 9.04. The summed E-state index contributed by atoms with van der Waals surface area (Å²) in [5.74, 6) is 1.24. The molecule has 10 nitrogen and oxygen atoms in total. The maximum Gasteiger partial charge on any atom is 0.320 e. The van der Waals surface area contributed by atoms with Crippen molar-refractivity contribution in [3.05, 3.63) is 103 Å². The lowest BCUT2D eigenvalue weighted by molar-refractivity contribution is 0.248. The van der Waals surface area contributed by atoms with E-state index in [0.29, 0.717) is 24.8 Å². The molecule has 2 atom stereocenters. The third-order valence-electron chi connectivity index (χ3n) is 7.48. The van der Waals surface area contributed by atoms with E-state index >= 15 is 0 Å². The number of aromatic nitrogens is 5. The Balaban J connectivity index is 1.30. The maximum atomic E-state index is 13.7. The fourth-order valence-electron chi connectivity index (χ4n) is 5.49. The molecule has 0 saturated carbocycles. The van der Waals surface area contributed by atoms with Gasteiger partial charge >= 0.3 is 6.03 Å². The van der Waals surface area contributed by atoms with Crippen molar-refractivity contribution in [2.24, 2.45) is 7.05 Å². The average molecular weight is 549 g/mol. The molecule has 1 aliphatic heterocycles. The van der Waals surface area contributed by atoms with E-state index in [2.05, 4.69) is 37.7 Å². The predicted molar refractivity (Wildman–Crippen MR) is 159 cm³/mol. The van der Waals surface area contributed by atoms with Crippen LogP contribution in [0.4, 0.5) is 16.3 Å². The molecule has 4 heterocycles. The Morgan fingerprint density at radius 1 is 1.00 bits per heavy atom. The van der Waals surface area contributed by atoms with Gasteiger partial charge in [-0.3, -0.25) is 10.00 Å². The Hall–Kier alpha value is -5.12. The summed E-state index contributed by atoms with van der Waals surface area (Å²) in [5, 5.41) is 15.6. The van der Waals surface area contributed by atoms with E-state index < -0.39 is 0 Å². The second kappa shape index (κ2) is 11.2. The van der Waals surface area contributed by atoms with Crippen LogP contribution in [0.2, 0.25) is 0 Å². The van der Waals surface area contributed by atoms with E-state index in [9.17, 15) is 4.79 Å². The summed E-state index contributed by atoms with van der Waals surface area (Å²) in [6.07, 6.45) is 5.41. The maximum absolute atomic E-state index is 13.7. The van der Waals surface area contributed by atoms with Crippen molar-refractivity contribution in [3.63, 3.8) is 0 Å². The minimum Gasteiger partial charge on any atom is -0.480 e. The van der Waals surface area contributed by atoms with Crippen LogP contribution in [0.1, 0.15) is 17.0 Å². The lowest BCUT2D eigenvalue weighted by atomic mass is 9.94. The molecule has 2 N–H and O–H groups in total. The Morgan fingerprint density at radius 2 is 1.76 bits per heavy atom. The second-order valence-electron chi connectivity index (χ2n) is 10.1. The van der Waals surface area contributed by atoms with E-state index in [0.717, 1.165) is 33.8 Å². The Kier molecular flexibility index (Phi) is 7.11. The third kappa shape index (κ3) is 5.23. The molecular weight excluding hydrogens is 516 g/mol. The number of carbonyl (C=O) groups is 1. The van der Waals surface area contributed by atoms with Crippen LogP contribution in [0, 0.1) is 6.92 Å². The Bertz CT molecular complexity index is 1650. The number of aryl methyl sites for hydroxylation is 1. The second-order valence-corrected chi connectivity index (χ2v) is 10.1. The van der Waals surface area contributed by atoms with Gasteiger partial charge in [-0.25, -0.2) is 14.5 Å². The number of benzene rings is 2. The molecule has 208 valence electrons. The largest absolute Gasteiger partial charge is 0.480 e. The number of urea groups is 1. The van der Waals surface area contributed by atoms with Gasteiger partial charge in [0.1, 0.15) is 11.5 Å². The van der Waals surface area contributed by atoms with Gasteiger partial charge in [0.05, 0.1) is 30.7 Å². The number of anilines is 2. The van der Waals surface area contributed by atoms with Gasteiger partial charge in [0.25, 0.3) is 0 Å². The summed E-state index contributed by atoms with van der Waals surface area (Å²) in [5.41, 5.74) is 5.40. The van der Waals surface area contributed by atoms with Crippen molar-refractivity contribution in [1.29, 1.82) is 0 Å². The van der Waals surface area contributed by atoms with Gasteiger partial charge in [-0.2, -0.15) is 10.2 Å². The highest BCUT2D eigenvalue weighted by molar-refractivity contribution is 5.91. The number of carbonyl (C=O) groups excluding carboxylic acids is 1. The van der Waals surface area contributed by atoms with Gasteiger partial charge in [0.2, 0.25) is 5.88 Å². The van der Waals surface area contributed by atoms with Crippen LogP contribution < -0.4 is 20.3 Å². The number of pyridine rings is 1. The van der Waals surface area contributed by atoms with Crippen molar-refractivity contribution in [2.75, 3.05) is 30.4 Å². The highest BCUT2D eigenvalue weighted by Crippen LogP contribution is 2.35.